The van der Waals surface area contributed by atoms with Crippen LogP contribution in [0.3, 0.4) is 0 Å². The van der Waals surface area contributed by atoms with E-state index in [-0.39, 0.29) is 24.1 Å². The Morgan fingerprint density at radius 1 is 1.27 bits per heavy atom. The zero-order chi connectivity index (χ0) is 23.2. The predicted octanol–water partition coefficient (Wildman–Crippen LogP) is 3.00. The third kappa shape index (κ3) is 6.14. The Hall–Kier alpha value is -2.39. The summed E-state index contributed by atoms with van der Waals surface area (Å²) in [4.78, 5) is 46.2. The maximum Gasteiger partial charge on any atom is 0.262 e. The highest BCUT2D eigenvalue weighted by atomic mass is 32.2. The number of nitrogens with one attached hydrogen (secondary N) is 1. The smallest absolute Gasteiger partial charge is 0.262 e. The Morgan fingerprint density at radius 2 is 2.09 bits per heavy atom. The van der Waals surface area contributed by atoms with Gasteiger partial charge in [-0.2, -0.15) is 4.99 Å². The topological polar surface area (TPSA) is 91.3 Å². The van der Waals surface area contributed by atoms with Crippen molar-refractivity contribution < 1.29 is 19.1 Å². The molecule has 0 radical (unpaired) electrons. The number of aliphatic imine (C=N–C) groups is 1. The molecule has 3 heterocycles. The van der Waals surface area contributed by atoms with Gasteiger partial charge in [-0.3, -0.25) is 14.4 Å². The van der Waals surface area contributed by atoms with Crippen LogP contribution in [0.1, 0.15) is 49.4 Å². The van der Waals surface area contributed by atoms with Crippen molar-refractivity contribution in [3.63, 3.8) is 0 Å². The minimum absolute atomic E-state index is 0.0541. The fraction of sp³-hybridized carbons (Fsp3) is 0.583. The lowest BCUT2D eigenvalue weighted by Crippen LogP contribution is -2.35. The number of hydrogen-bond acceptors (Lipinski definition) is 6. The predicted molar refractivity (Wildman–Crippen MR) is 129 cm³/mol. The van der Waals surface area contributed by atoms with Crippen LogP contribution in [0.15, 0.2) is 29.3 Å². The molecule has 3 amide bonds. The first-order chi connectivity index (χ1) is 16.0. The van der Waals surface area contributed by atoms with Gasteiger partial charge in [0.1, 0.15) is 5.25 Å². The number of amides is 3. The molecule has 0 saturated carbocycles. The first-order valence-electron chi connectivity index (χ1n) is 11.8. The molecule has 9 heteroatoms. The van der Waals surface area contributed by atoms with E-state index in [1.54, 1.807) is 24.3 Å². The fourth-order valence-electron chi connectivity index (χ4n) is 4.42. The van der Waals surface area contributed by atoms with Crippen molar-refractivity contribution in [1.82, 2.24) is 9.80 Å². The van der Waals surface area contributed by atoms with Gasteiger partial charge in [0.05, 0.1) is 6.61 Å². The van der Waals surface area contributed by atoms with Crippen molar-refractivity contribution in [2.45, 2.75) is 44.3 Å². The second-order valence-electron chi connectivity index (χ2n) is 8.79. The standard InChI is InChI=1S/C24H32N4O4S/c1-2-27(15-17-9-12-32-16-17)23(31)18-7-6-8-19(13-18)25-21(29)14-20-22(30)26-24(33-20)28-10-4-3-5-11-28/h6-8,13,17,20H,2-5,9-12,14-16H2,1H3,(H,25,29). The lowest BCUT2D eigenvalue weighted by atomic mass is 10.1. The lowest BCUT2D eigenvalue weighted by molar-refractivity contribution is -0.121. The van der Waals surface area contributed by atoms with Crippen LogP contribution in [0.5, 0.6) is 0 Å². The zero-order valence-electron chi connectivity index (χ0n) is 19.1. The summed E-state index contributed by atoms with van der Waals surface area (Å²) in [5, 5.41) is 3.11. The molecule has 3 aliphatic heterocycles. The van der Waals surface area contributed by atoms with E-state index in [1.807, 2.05) is 11.8 Å². The molecule has 3 aliphatic rings. The minimum Gasteiger partial charge on any atom is -0.381 e. The maximum atomic E-state index is 13.0. The first-order valence-corrected chi connectivity index (χ1v) is 12.7. The number of carbonyl (C=O) groups is 3. The molecular weight excluding hydrogens is 440 g/mol. The molecule has 0 aliphatic carbocycles. The molecule has 8 nitrogen and oxygen atoms in total. The molecule has 2 unspecified atom stereocenters. The molecule has 1 aromatic carbocycles. The number of anilines is 1. The van der Waals surface area contributed by atoms with Crippen molar-refractivity contribution >= 4 is 40.3 Å². The molecule has 1 N–H and O–H groups in total. The molecule has 1 aromatic rings. The van der Waals surface area contributed by atoms with Gasteiger partial charge >= 0.3 is 0 Å². The summed E-state index contributed by atoms with van der Waals surface area (Å²) in [6.07, 6.45) is 4.46. The molecule has 0 aromatic heterocycles. The van der Waals surface area contributed by atoms with Crippen LogP contribution in [0.2, 0.25) is 0 Å². The fourth-order valence-corrected chi connectivity index (χ4v) is 5.53. The quantitative estimate of drug-likeness (QED) is 0.656. The number of hydrogen-bond donors (Lipinski definition) is 1. The first kappa shape index (κ1) is 23.8. The van der Waals surface area contributed by atoms with Gasteiger partial charge in [-0.1, -0.05) is 17.8 Å². The van der Waals surface area contributed by atoms with Gasteiger partial charge in [0.2, 0.25) is 5.91 Å². The summed E-state index contributed by atoms with van der Waals surface area (Å²) in [5.41, 5.74) is 1.09. The molecule has 2 saturated heterocycles. The molecule has 2 atom stereocenters. The number of nitrogens with zero attached hydrogens (tertiary/aromatic N) is 3. The van der Waals surface area contributed by atoms with E-state index in [4.69, 9.17) is 4.74 Å². The van der Waals surface area contributed by atoms with E-state index in [0.29, 0.717) is 36.9 Å². The zero-order valence-corrected chi connectivity index (χ0v) is 19.9. The van der Waals surface area contributed by atoms with Crippen molar-refractivity contribution in [2.24, 2.45) is 10.9 Å². The molecule has 178 valence electrons. The van der Waals surface area contributed by atoms with E-state index < -0.39 is 5.25 Å². The molecule has 0 bridgehead atoms. The average molecular weight is 473 g/mol. The summed E-state index contributed by atoms with van der Waals surface area (Å²) in [6.45, 7) is 6.54. The largest absolute Gasteiger partial charge is 0.381 e. The molecule has 4 rings (SSSR count). The van der Waals surface area contributed by atoms with Gasteiger partial charge < -0.3 is 19.9 Å². The number of ether oxygens (including phenoxy) is 1. The number of benzene rings is 1. The Morgan fingerprint density at radius 3 is 2.82 bits per heavy atom. The van der Waals surface area contributed by atoms with E-state index in [2.05, 4.69) is 15.2 Å². The highest BCUT2D eigenvalue weighted by Gasteiger charge is 2.33. The van der Waals surface area contributed by atoms with Crippen molar-refractivity contribution in [3.05, 3.63) is 29.8 Å². The summed E-state index contributed by atoms with van der Waals surface area (Å²) in [6, 6.07) is 6.99. The Kier molecular flexibility index (Phi) is 8.03. The summed E-state index contributed by atoms with van der Waals surface area (Å²) in [5.74, 6) is -0.179. The number of amidine groups is 1. The van der Waals surface area contributed by atoms with Gasteiger partial charge in [-0.25, -0.2) is 0 Å². The highest BCUT2D eigenvalue weighted by Crippen LogP contribution is 2.29. The number of piperidine rings is 1. The summed E-state index contributed by atoms with van der Waals surface area (Å²) < 4.78 is 5.43. The van der Waals surface area contributed by atoms with Crippen LogP contribution < -0.4 is 5.32 Å². The van der Waals surface area contributed by atoms with E-state index in [9.17, 15) is 14.4 Å². The van der Waals surface area contributed by atoms with Crippen LogP contribution in [0.4, 0.5) is 5.69 Å². The van der Waals surface area contributed by atoms with Gasteiger partial charge in [0, 0.05) is 56.4 Å². The normalized spacial score (nSPS) is 22.9. The van der Waals surface area contributed by atoms with Gasteiger partial charge in [-0.05, 0) is 50.8 Å². The van der Waals surface area contributed by atoms with Crippen LogP contribution >= 0.6 is 11.8 Å². The SMILES string of the molecule is CCN(CC1CCOC1)C(=O)c1cccc(NC(=O)CC2SC(N3CCCCC3)=NC2=O)c1. The van der Waals surface area contributed by atoms with E-state index in [1.165, 1.54) is 18.2 Å². The van der Waals surface area contributed by atoms with E-state index >= 15 is 0 Å². The third-order valence-electron chi connectivity index (χ3n) is 6.29. The minimum atomic E-state index is -0.490. The number of likely N-dealkylation sites (tertiary alicyclic amines) is 1. The molecule has 2 fully saturated rings. The van der Waals surface area contributed by atoms with Gasteiger partial charge in [-0.15, -0.1) is 0 Å². The molecule has 33 heavy (non-hydrogen) atoms. The maximum absolute atomic E-state index is 13.0. The lowest BCUT2D eigenvalue weighted by Gasteiger charge is -2.27. The molecular formula is C24H32N4O4S. The Balaban J connectivity index is 1.32. The van der Waals surface area contributed by atoms with Crippen LogP contribution in [0.25, 0.3) is 0 Å². The highest BCUT2D eigenvalue weighted by molar-refractivity contribution is 8.15. The number of thioether (sulfide) groups is 1. The van der Waals surface area contributed by atoms with Crippen molar-refractivity contribution in [3.8, 4) is 0 Å². The van der Waals surface area contributed by atoms with Gasteiger partial charge in [0.25, 0.3) is 11.8 Å². The monoisotopic (exact) mass is 472 g/mol. The summed E-state index contributed by atoms with van der Waals surface area (Å²) in [7, 11) is 0. The number of carbonyl (C=O) groups excluding carboxylic acids is 3. The van der Waals surface area contributed by atoms with Crippen molar-refractivity contribution in [1.29, 1.82) is 0 Å². The third-order valence-corrected chi connectivity index (χ3v) is 7.50. The van der Waals surface area contributed by atoms with Crippen LogP contribution in [-0.2, 0) is 14.3 Å². The Bertz CT molecular complexity index is 909. The van der Waals surface area contributed by atoms with Crippen LogP contribution in [0, 0.1) is 5.92 Å². The second kappa shape index (κ2) is 11.2. The van der Waals surface area contributed by atoms with E-state index in [0.717, 1.165) is 44.1 Å². The van der Waals surface area contributed by atoms with Crippen LogP contribution in [-0.4, -0.2) is 77.3 Å². The summed E-state index contributed by atoms with van der Waals surface area (Å²) >= 11 is 1.39. The van der Waals surface area contributed by atoms with Crippen molar-refractivity contribution in [2.75, 3.05) is 44.7 Å². The number of rotatable bonds is 7. The average Bonchev–Trinajstić information content (AvgIpc) is 3.47. The molecule has 0 spiro atoms. The van der Waals surface area contributed by atoms with Gasteiger partial charge in [0.15, 0.2) is 5.17 Å². The Labute approximate surface area is 199 Å². The second-order valence-corrected chi connectivity index (χ2v) is 9.96.